The average molecular weight is 441 g/mol. The molecule has 0 saturated heterocycles. The molecule has 0 aliphatic rings. The zero-order chi connectivity index (χ0) is 22.9. The number of aromatic carboxylic acids is 1. The van der Waals surface area contributed by atoms with E-state index in [4.69, 9.17) is 0 Å². The third-order valence-corrected chi connectivity index (χ3v) is 5.54. The summed E-state index contributed by atoms with van der Waals surface area (Å²) in [5.41, 5.74) is 4.26. The van der Waals surface area contributed by atoms with Crippen LogP contribution >= 0.6 is 0 Å². The second kappa shape index (κ2) is 8.15. The number of aromatic nitrogens is 7. The molecule has 0 unspecified atom stereocenters. The number of aromatic amines is 1. The molecule has 0 fully saturated rings. The normalized spacial score (nSPS) is 11.2. The maximum Gasteiger partial charge on any atom is 0.341 e. The number of rotatable bonds is 6. The molecule has 33 heavy (non-hydrogen) atoms. The fourth-order valence-electron chi connectivity index (χ4n) is 3.91. The number of aryl methyl sites for hydroxylation is 1. The molecule has 0 atom stereocenters. The van der Waals surface area contributed by atoms with Crippen LogP contribution in [-0.2, 0) is 13.0 Å². The first-order chi connectivity index (χ1) is 16.1. The van der Waals surface area contributed by atoms with Crippen molar-refractivity contribution in [2.45, 2.75) is 19.9 Å². The first-order valence-corrected chi connectivity index (χ1v) is 10.3. The van der Waals surface area contributed by atoms with Gasteiger partial charge in [0.2, 0.25) is 5.82 Å². The molecule has 0 amide bonds. The lowest BCUT2D eigenvalue weighted by Gasteiger charge is -2.13. The lowest BCUT2D eigenvalue weighted by Crippen LogP contribution is -2.23. The number of carboxylic acid groups (broad SMARTS) is 1. The van der Waals surface area contributed by atoms with Crippen molar-refractivity contribution in [2.24, 2.45) is 0 Å². The zero-order valence-electron chi connectivity index (χ0n) is 17.6. The van der Waals surface area contributed by atoms with E-state index in [0.717, 1.165) is 26.8 Å². The number of carboxylic acids is 1. The minimum Gasteiger partial charge on any atom is -0.477 e. The van der Waals surface area contributed by atoms with Crippen LogP contribution in [0.25, 0.3) is 28.2 Å². The summed E-state index contributed by atoms with van der Waals surface area (Å²) in [4.78, 5) is 24.3. The topological polar surface area (TPSA) is 131 Å². The van der Waals surface area contributed by atoms with Crippen molar-refractivity contribution < 1.29 is 9.90 Å². The van der Waals surface area contributed by atoms with Crippen molar-refractivity contribution in [1.82, 2.24) is 34.8 Å². The Morgan fingerprint density at radius 2 is 1.85 bits per heavy atom. The number of hydrogen-bond acceptors (Lipinski definition) is 6. The van der Waals surface area contributed by atoms with Crippen molar-refractivity contribution in [3.8, 4) is 22.5 Å². The first kappa shape index (κ1) is 20.3. The maximum absolute atomic E-state index is 12.6. The molecule has 10 nitrogen and oxygen atoms in total. The van der Waals surface area contributed by atoms with Crippen LogP contribution in [-0.4, -0.2) is 45.9 Å². The van der Waals surface area contributed by atoms with E-state index in [1.165, 1.54) is 6.20 Å². The predicted octanol–water partition coefficient (Wildman–Crippen LogP) is 2.65. The molecule has 2 aromatic carbocycles. The summed E-state index contributed by atoms with van der Waals surface area (Å²) in [6.45, 7) is 2.26. The Labute approximate surface area is 187 Å². The third kappa shape index (κ3) is 3.57. The van der Waals surface area contributed by atoms with Crippen molar-refractivity contribution in [3.63, 3.8) is 0 Å². The summed E-state index contributed by atoms with van der Waals surface area (Å²) in [6.07, 6.45) is 3.45. The lowest BCUT2D eigenvalue weighted by molar-refractivity contribution is 0.0698. The van der Waals surface area contributed by atoms with Crippen LogP contribution < -0.4 is 5.56 Å². The molecule has 0 aliphatic heterocycles. The van der Waals surface area contributed by atoms with Gasteiger partial charge in [-0.3, -0.25) is 4.79 Å². The van der Waals surface area contributed by atoms with Crippen molar-refractivity contribution in [1.29, 1.82) is 0 Å². The van der Waals surface area contributed by atoms with Gasteiger partial charge in [-0.2, -0.15) is 14.8 Å². The van der Waals surface area contributed by atoms with Crippen LogP contribution in [0.1, 0.15) is 28.4 Å². The minimum absolute atomic E-state index is 0.0135. The highest BCUT2D eigenvalue weighted by Crippen LogP contribution is 2.29. The molecule has 5 rings (SSSR count). The van der Waals surface area contributed by atoms with Crippen LogP contribution in [0.2, 0.25) is 0 Å². The Kier molecular flexibility index (Phi) is 5.02. The highest BCUT2D eigenvalue weighted by molar-refractivity contribution is 5.94. The predicted molar refractivity (Wildman–Crippen MR) is 120 cm³/mol. The van der Waals surface area contributed by atoms with E-state index in [1.54, 1.807) is 10.8 Å². The Morgan fingerprint density at radius 3 is 2.52 bits per heavy atom. The van der Waals surface area contributed by atoms with E-state index in [9.17, 15) is 14.7 Å². The van der Waals surface area contributed by atoms with Crippen LogP contribution in [0.15, 0.2) is 65.7 Å². The molecule has 5 aromatic rings. The number of fused-ring (bicyclic) bond motifs is 1. The monoisotopic (exact) mass is 441 g/mol. The van der Waals surface area contributed by atoms with E-state index in [0.29, 0.717) is 24.4 Å². The largest absolute Gasteiger partial charge is 0.477 e. The zero-order valence-corrected chi connectivity index (χ0v) is 17.6. The summed E-state index contributed by atoms with van der Waals surface area (Å²) < 4.78 is 2.93. The second-order valence-corrected chi connectivity index (χ2v) is 7.52. The summed E-state index contributed by atoms with van der Waals surface area (Å²) in [6, 6.07) is 15.7. The minimum atomic E-state index is -1.13. The first-order valence-electron chi connectivity index (χ1n) is 10.3. The van der Waals surface area contributed by atoms with E-state index < -0.39 is 5.97 Å². The van der Waals surface area contributed by atoms with Crippen LogP contribution in [0.4, 0.5) is 0 Å². The van der Waals surface area contributed by atoms with Gasteiger partial charge in [0.1, 0.15) is 5.56 Å². The molecule has 164 valence electrons. The van der Waals surface area contributed by atoms with Gasteiger partial charge in [-0.1, -0.05) is 55.5 Å². The van der Waals surface area contributed by atoms with E-state index in [-0.39, 0.29) is 16.8 Å². The molecular weight excluding hydrogens is 422 g/mol. The SMILES string of the molecule is CCc1cn(Cc2ccc(-c3ccccc3-c3nn[nH]n3)cc2)c2c(C(=O)O)cnn2c1=O. The highest BCUT2D eigenvalue weighted by atomic mass is 16.4. The van der Waals surface area contributed by atoms with Gasteiger partial charge in [0, 0.05) is 23.9 Å². The summed E-state index contributed by atoms with van der Waals surface area (Å²) in [5, 5.41) is 27.9. The number of H-pyrrole nitrogens is 1. The van der Waals surface area contributed by atoms with Crippen LogP contribution in [0.5, 0.6) is 0 Å². The quantitative estimate of drug-likeness (QED) is 0.414. The summed E-state index contributed by atoms with van der Waals surface area (Å²) in [5.74, 6) is -0.616. The Balaban J connectivity index is 1.54. The van der Waals surface area contributed by atoms with Crippen LogP contribution in [0.3, 0.4) is 0 Å². The van der Waals surface area contributed by atoms with E-state index in [2.05, 4.69) is 25.7 Å². The fourth-order valence-corrected chi connectivity index (χ4v) is 3.91. The number of hydrogen-bond donors (Lipinski definition) is 2. The van der Waals surface area contributed by atoms with E-state index in [1.807, 2.05) is 55.5 Å². The Hall–Kier alpha value is -4.60. The maximum atomic E-state index is 12.6. The molecule has 10 heteroatoms. The summed E-state index contributed by atoms with van der Waals surface area (Å²) >= 11 is 0. The van der Waals surface area contributed by atoms with Gasteiger partial charge in [0.25, 0.3) is 5.56 Å². The molecule has 3 heterocycles. The molecule has 3 aromatic heterocycles. The smallest absolute Gasteiger partial charge is 0.341 e. The third-order valence-electron chi connectivity index (χ3n) is 5.54. The Morgan fingerprint density at radius 1 is 1.09 bits per heavy atom. The molecule has 0 radical (unpaired) electrons. The highest BCUT2D eigenvalue weighted by Gasteiger charge is 2.18. The van der Waals surface area contributed by atoms with Crippen molar-refractivity contribution in [2.75, 3.05) is 0 Å². The number of nitrogens with zero attached hydrogens (tertiary/aromatic N) is 6. The number of nitrogens with one attached hydrogen (secondary N) is 1. The second-order valence-electron chi connectivity index (χ2n) is 7.52. The summed E-state index contributed by atoms with van der Waals surface area (Å²) in [7, 11) is 0. The Bertz CT molecular complexity index is 1520. The molecule has 2 N–H and O–H groups in total. The van der Waals surface area contributed by atoms with Gasteiger partial charge in [-0.15, -0.1) is 10.2 Å². The molecule has 0 spiro atoms. The standard InChI is InChI=1S/C23H19N7O3/c1-2-15-13-29(21-19(23(32)33)11-24-30(21)22(15)31)12-14-7-9-16(10-8-14)17-5-3-4-6-18(17)20-25-27-28-26-20/h3-11,13H,2,12H2,1H3,(H,32,33)(H,25,26,27,28). The van der Waals surface area contributed by atoms with Crippen molar-refractivity contribution >= 4 is 11.6 Å². The van der Waals surface area contributed by atoms with E-state index >= 15 is 0 Å². The molecule has 0 saturated carbocycles. The van der Waals surface area contributed by atoms with Crippen LogP contribution in [0, 0.1) is 0 Å². The number of benzene rings is 2. The van der Waals surface area contributed by atoms with Gasteiger partial charge >= 0.3 is 5.97 Å². The van der Waals surface area contributed by atoms with Gasteiger partial charge in [-0.25, -0.2) is 4.79 Å². The van der Waals surface area contributed by atoms with Gasteiger partial charge in [-0.05, 0) is 28.3 Å². The van der Waals surface area contributed by atoms with Gasteiger partial charge in [0.05, 0.1) is 6.20 Å². The van der Waals surface area contributed by atoms with Gasteiger partial charge < -0.3 is 9.67 Å². The van der Waals surface area contributed by atoms with Crippen molar-refractivity contribution in [3.05, 3.63) is 88.0 Å². The molecule has 0 bridgehead atoms. The lowest BCUT2D eigenvalue weighted by atomic mass is 9.98. The average Bonchev–Trinajstić information content (AvgIpc) is 3.52. The molecular formula is C23H19N7O3. The fraction of sp³-hybridized carbons (Fsp3) is 0.130. The number of carbonyl (C=O) groups is 1. The number of tetrazole rings is 1. The van der Waals surface area contributed by atoms with Gasteiger partial charge in [0.15, 0.2) is 5.65 Å². The molecule has 0 aliphatic carbocycles.